The number of aliphatic carboxylic acids is 1. The number of benzene rings is 1. The molecule has 1 unspecified atom stereocenters. The van der Waals surface area contributed by atoms with E-state index in [0.717, 1.165) is 0 Å². The predicted octanol–water partition coefficient (Wildman–Crippen LogP) is 0.968. The van der Waals surface area contributed by atoms with Gasteiger partial charge in [-0.2, -0.15) is 0 Å². The first-order valence-corrected chi connectivity index (χ1v) is 4.85. The molecule has 0 radical (unpaired) electrons. The third-order valence-electron chi connectivity index (χ3n) is 2.87. The van der Waals surface area contributed by atoms with Gasteiger partial charge in [-0.15, -0.1) is 0 Å². The number of carboxylic acid groups (broad SMARTS) is 1. The zero-order valence-electron chi connectivity index (χ0n) is 8.49. The maximum Gasteiger partial charge on any atom is 0.328 e. The minimum atomic E-state index is -1.01. The Hall–Kier alpha value is -1.55. The van der Waals surface area contributed by atoms with Crippen molar-refractivity contribution in [1.29, 1.82) is 0 Å². The first-order chi connectivity index (χ1) is 7.20. The van der Waals surface area contributed by atoms with Gasteiger partial charge < -0.3 is 15.2 Å². The topological polar surface area (TPSA) is 58.6 Å². The van der Waals surface area contributed by atoms with E-state index in [4.69, 9.17) is 4.74 Å². The fraction of sp³-hybridized carbons (Fsp3) is 0.364. The summed E-state index contributed by atoms with van der Waals surface area (Å²) in [5.41, 5.74) is -0.305. The largest absolute Gasteiger partial charge is 0.493 e. The number of likely N-dealkylation sites (N-methyl/N-ethyl adjacent to an activating group) is 1. The fourth-order valence-corrected chi connectivity index (χ4v) is 1.98. The van der Waals surface area contributed by atoms with Crippen LogP contribution in [0.2, 0.25) is 0 Å². The van der Waals surface area contributed by atoms with Gasteiger partial charge in [0, 0.05) is 12.0 Å². The molecule has 15 heavy (non-hydrogen) atoms. The number of para-hydroxylation sites is 1. The van der Waals surface area contributed by atoms with Crippen molar-refractivity contribution >= 4 is 5.97 Å². The zero-order chi connectivity index (χ0) is 10.9. The third kappa shape index (κ3) is 1.37. The van der Waals surface area contributed by atoms with Crippen molar-refractivity contribution in [2.24, 2.45) is 0 Å². The van der Waals surface area contributed by atoms with Crippen LogP contribution in [0.25, 0.3) is 0 Å². The molecule has 1 aromatic carbocycles. The summed E-state index contributed by atoms with van der Waals surface area (Å²) >= 11 is 0. The summed E-state index contributed by atoms with van der Waals surface area (Å²) in [6, 6.07) is 7.25. The molecule has 0 aliphatic carbocycles. The SMILES string of the molecule is CNC1(C(=O)O)CCOc2ccccc21. The van der Waals surface area contributed by atoms with Gasteiger partial charge in [-0.25, -0.2) is 4.79 Å². The number of nitrogens with one attached hydrogen (secondary N) is 1. The molecule has 2 rings (SSSR count). The predicted molar refractivity (Wildman–Crippen MR) is 54.9 cm³/mol. The normalized spacial score (nSPS) is 24.1. The lowest BCUT2D eigenvalue weighted by Crippen LogP contribution is -2.50. The van der Waals surface area contributed by atoms with Crippen molar-refractivity contribution in [2.45, 2.75) is 12.0 Å². The van der Waals surface area contributed by atoms with Crippen LogP contribution in [0.3, 0.4) is 0 Å². The average molecular weight is 207 g/mol. The molecule has 1 heterocycles. The summed E-state index contributed by atoms with van der Waals surface area (Å²) in [7, 11) is 1.66. The number of fused-ring (bicyclic) bond motifs is 1. The molecule has 0 aromatic heterocycles. The second kappa shape index (κ2) is 3.55. The Morgan fingerprint density at radius 3 is 2.93 bits per heavy atom. The van der Waals surface area contributed by atoms with Crippen LogP contribution in [0.5, 0.6) is 5.75 Å². The Labute approximate surface area is 87.9 Å². The number of hydrogen-bond donors (Lipinski definition) is 2. The average Bonchev–Trinajstić information content (AvgIpc) is 2.28. The van der Waals surface area contributed by atoms with Crippen LogP contribution < -0.4 is 10.1 Å². The monoisotopic (exact) mass is 207 g/mol. The van der Waals surface area contributed by atoms with Gasteiger partial charge in [0.1, 0.15) is 11.3 Å². The second-order valence-electron chi connectivity index (χ2n) is 3.56. The highest BCUT2D eigenvalue weighted by Gasteiger charge is 2.43. The van der Waals surface area contributed by atoms with Crippen LogP contribution >= 0.6 is 0 Å². The molecule has 80 valence electrons. The van der Waals surface area contributed by atoms with E-state index in [1.807, 2.05) is 12.1 Å². The zero-order valence-corrected chi connectivity index (χ0v) is 8.49. The molecule has 4 nitrogen and oxygen atoms in total. The summed E-state index contributed by atoms with van der Waals surface area (Å²) in [4.78, 5) is 11.4. The Kier molecular flexibility index (Phi) is 2.36. The van der Waals surface area contributed by atoms with Crippen molar-refractivity contribution in [2.75, 3.05) is 13.7 Å². The molecule has 0 saturated heterocycles. The quantitative estimate of drug-likeness (QED) is 0.758. The summed E-state index contributed by atoms with van der Waals surface area (Å²) < 4.78 is 5.43. The van der Waals surface area contributed by atoms with Crippen LogP contribution in [0.1, 0.15) is 12.0 Å². The molecule has 1 atom stereocenters. The molecule has 1 aliphatic heterocycles. The van der Waals surface area contributed by atoms with Gasteiger partial charge in [-0.1, -0.05) is 18.2 Å². The summed E-state index contributed by atoms with van der Waals surface area (Å²) in [6.45, 7) is 0.421. The highest BCUT2D eigenvalue weighted by atomic mass is 16.5. The molecule has 0 amide bonds. The van der Waals surface area contributed by atoms with Gasteiger partial charge >= 0.3 is 5.97 Å². The van der Waals surface area contributed by atoms with Crippen LogP contribution in [0, 0.1) is 0 Å². The maximum absolute atomic E-state index is 11.4. The molecular formula is C11H13NO3. The smallest absolute Gasteiger partial charge is 0.328 e. The van der Waals surface area contributed by atoms with E-state index in [-0.39, 0.29) is 0 Å². The molecule has 0 saturated carbocycles. The van der Waals surface area contributed by atoms with Crippen LogP contribution in [0.4, 0.5) is 0 Å². The maximum atomic E-state index is 11.4. The van der Waals surface area contributed by atoms with Gasteiger partial charge in [0.25, 0.3) is 0 Å². The number of carboxylic acids is 1. The minimum Gasteiger partial charge on any atom is -0.493 e. The second-order valence-corrected chi connectivity index (χ2v) is 3.56. The van der Waals surface area contributed by atoms with Crippen molar-refractivity contribution in [1.82, 2.24) is 5.32 Å². The Bertz CT molecular complexity index is 391. The molecule has 1 aliphatic rings. The van der Waals surface area contributed by atoms with E-state index >= 15 is 0 Å². The van der Waals surface area contributed by atoms with Crippen LogP contribution in [-0.2, 0) is 10.3 Å². The lowest BCUT2D eigenvalue weighted by atomic mass is 9.85. The molecule has 1 aromatic rings. The Morgan fingerprint density at radius 2 is 2.27 bits per heavy atom. The molecule has 2 N–H and O–H groups in total. The van der Waals surface area contributed by atoms with Crippen LogP contribution in [-0.4, -0.2) is 24.7 Å². The van der Waals surface area contributed by atoms with Gasteiger partial charge in [0.05, 0.1) is 6.61 Å². The standard InChI is InChI=1S/C11H13NO3/c1-12-11(10(13)14)6-7-15-9-5-3-2-4-8(9)11/h2-5,12H,6-7H2,1H3,(H,13,14). The van der Waals surface area contributed by atoms with E-state index in [2.05, 4.69) is 5.32 Å². The molecule has 0 spiro atoms. The molecule has 4 heteroatoms. The van der Waals surface area contributed by atoms with E-state index in [0.29, 0.717) is 24.3 Å². The molecular weight excluding hydrogens is 194 g/mol. The van der Waals surface area contributed by atoms with Crippen molar-refractivity contribution in [3.05, 3.63) is 29.8 Å². The van der Waals surface area contributed by atoms with Gasteiger partial charge in [0.2, 0.25) is 0 Å². The first kappa shape index (κ1) is 9.98. The number of hydrogen-bond acceptors (Lipinski definition) is 3. The minimum absolute atomic E-state index is 0.421. The van der Waals surface area contributed by atoms with Gasteiger partial charge in [-0.3, -0.25) is 0 Å². The summed E-state index contributed by atoms with van der Waals surface area (Å²) in [5.74, 6) is -0.207. The Morgan fingerprint density at radius 1 is 1.53 bits per heavy atom. The lowest BCUT2D eigenvalue weighted by Gasteiger charge is -2.34. The number of rotatable bonds is 2. The van der Waals surface area contributed by atoms with Crippen molar-refractivity contribution < 1.29 is 14.6 Å². The van der Waals surface area contributed by atoms with Crippen LogP contribution in [0.15, 0.2) is 24.3 Å². The van der Waals surface area contributed by atoms with Gasteiger partial charge in [0.15, 0.2) is 0 Å². The fourth-order valence-electron chi connectivity index (χ4n) is 1.98. The van der Waals surface area contributed by atoms with Gasteiger partial charge in [-0.05, 0) is 13.1 Å². The number of ether oxygens (including phenoxy) is 1. The van der Waals surface area contributed by atoms with E-state index in [1.54, 1.807) is 19.2 Å². The molecule has 0 bridgehead atoms. The number of carbonyl (C=O) groups is 1. The highest BCUT2D eigenvalue weighted by molar-refractivity contribution is 5.82. The van der Waals surface area contributed by atoms with E-state index in [1.165, 1.54) is 0 Å². The van der Waals surface area contributed by atoms with Crippen molar-refractivity contribution in [3.8, 4) is 5.75 Å². The lowest BCUT2D eigenvalue weighted by molar-refractivity contribution is -0.146. The van der Waals surface area contributed by atoms with E-state index in [9.17, 15) is 9.90 Å². The third-order valence-corrected chi connectivity index (χ3v) is 2.87. The van der Waals surface area contributed by atoms with Crippen molar-refractivity contribution in [3.63, 3.8) is 0 Å². The summed E-state index contributed by atoms with van der Waals surface area (Å²) in [6.07, 6.45) is 0.440. The van der Waals surface area contributed by atoms with E-state index < -0.39 is 11.5 Å². The Balaban J connectivity index is 2.57. The first-order valence-electron chi connectivity index (χ1n) is 4.85. The highest BCUT2D eigenvalue weighted by Crippen LogP contribution is 2.36. The summed E-state index contributed by atoms with van der Waals surface area (Å²) in [5, 5.41) is 12.2. The molecule has 0 fully saturated rings.